The first-order valence-electron chi connectivity index (χ1n) is 6.32. The van der Waals surface area contributed by atoms with Crippen molar-refractivity contribution in [3.8, 4) is 0 Å². The van der Waals surface area contributed by atoms with Crippen LogP contribution in [0.15, 0.2) is 48.5 Å². The van der Waals surface area contributed by atoms with Crippen LogP contribution in [-0.4, -0.2) is 5.91 Å². The molecule has 2 rings (SSSR count). The van der Waals surface area contributed by atoms with E-state index < -0.39 is 5.41 Å². The van der Waals surface area contributed by atoms with E-state index in [2.05, 4.69) is 5.32 Å². The standard InChI is InChI=1S/C16H17ClN2O/c1-16(2,11-6-8-13(18)9-7-11)15(20)19-14-5-3-4-12(17)10-14/h3-10H,18H2,1-2H3,(H,19,20). The first-order valence-corrected chi connectivity index (χ1v) is 6.70. The monoisotopic (exact) mass is 288 g/mol. The average molecular weight is 289 g/mol. The lowest BCUT2D eigenvalue weighted by Gasteiger charge is -2.24. The molecule has 0 aliphatic carbocycles. The molecule has 0 fully saturated rings. The molecule has 0 bridgehead atoms. The molecule has 2 aromatic rings. The summed E-state index contributed by atoms with van der Waals surface area (Å²) in [6.07, 6.45) is 0. The highest BCUT2D eigenvalue weighted by Crippen LogP contribution is 2.26. The Bertz CT molecular complexity index is 621. The van der Waals surface area contributed by atoms with E-state index in [-0.39, 0.29) is 5.91 Å². The number of nitrogens with two attached hydrogens (primary N) is 1. The number of hydrogen-bond donors (Lipinski definition) is 2. The van der Waals surface area contributed by atoms with Gasteiger partial charge in [0.05, 0.1) is 5.41 Å². The number of rotatable bonds is 3. The summed E-state index contributed by atoms with van der Waals surface area (Å²) in [7, 11) is 0. The third kappa shape index (κ3) is 3.11. The van der Waals surface area contributed by atoms with Crippen molar-refractivity contribution in [3.05, 3.63) is 59.1 Å². The minimum absolute atomic E-state index is 0.0930. The summed E-state index contributed by atoms with van der Waals surface area (Å²) in [6, 6.07) is 14.4. The Labute approximate surface area is 123 Å². The van der Waals surface area contributed by atoms with Crippen LogP contribution in [0.4, 0.5) is 11.4 Å². The molecule has 0 aliphatic heterocycles. The number of carbonyl (C=O) groups excluding carboxylic acids is 1. The molecule has 20 heavy (non-hydrogen) atoms. The first-order chi connectivity index (χ1) is 9.39. The minimum atomic E-state index is -0.657. The van der Waals surface area contributed by atoms with Crippen LogP contribution in [0.1, 0.15) is 19.4 Å². The lowest BCUT2D eigenvalue weighted by molar-refractivity contribution is -0.120. The predicted molar refractivity (Wildman–Crippen MR) is 84.0 cm³/mol. The summed E-state index contributed by atoms with van der Waals surface area (Å²) >= 11 is 5.91. The number of anilines is 2. The van der Waals surface area contributed by atoms with Gasteiger partial charge in [0.15, 0.2) is 0 Å². The maximum Gasteiger partial charge on any atom is 0.234 e. The van der Waals surface area contributed by atoms with Gasteiger partial charge in [-0.15, -0.1) is 0 Å². The van der Waals surface area contributed by atoms with Gasteiger partial charge in [0.25, 0.3) is 0 Å². The lowest BCUT2D eigenvalue weighted by Crippen LogP contribution is -2.34. The summed E-state index contributed by atoms with van der Waals surface area (Å²) in [6.45, 7) is 3.75. The molecule has 3 nitrogen and oxygen atoms in total. The van der Waals surface area contributed by atoms with E-state index in [1.807, 2.05) is 32.0 Å². The van der Waals surface area contributed by atoms with Crippen LogP contribution >= 0.6 is 11.6 Å². The van der Waals surface area contributed by atoms with E-state index in [1.165, 1.54) is 0 Å². The molecule has 1 amide bonds. The van der Waals surface area contributed by atoms with Crippen molar-refractivity contribution in [2.45, 2.75) is 19.3 Å². The Hall–Kier alpha value is -2.00. The highest BCUT2D eigenvalue weighted by atomic mass is 35.5. The molecule has 0 saturated carbocycles. The van der Waals surface area contributed by atoms with Crippen LogP contribution in [-0.2, 0) is 10.2 Å². The smallest absolute Gasteiger partial charge is 0.234 e. The van der Waals surface area contributed by atoms with E-state index in [1.54, 1.807) is 30.3 Å². The van der Waals surface area contributed by atoms with Crippen LogP contribution in [0.2, 0.25) is 5.02 Å². The van der Waals surface area contributed by atoms with Gasteiger partial charge in [0, 0.05) is 16.4 Å². The zero-order valence-electron chi connectivity index (χ0n) is 11.5. The maximum absolute atomic E-state index is 12.4. The Morgan fingerprint density at radius 3 is 2.40 bits per heavy atom. The van der Waals surface area contributed by atoms with Crippen molar-refractivity contribution in [2.75, 3.05) is 11.1 Å². The molecule has 0 saturated heterocycles. The number of benzene rings is 2. The summed E-state index contributed by atoms with van der Waals surface area (Å²) in [5, 5.41) is 3.47. The van der Waals surface area contributed by atoms with Gasteiger partial charge in [0.1, 0.15) is 0 Å². The number of nitrogens with one attached hydrogen (secondary N) is 1. The third-order valence-corrected chi connectivity index (χ3v) is 3.52. The number of carbonyl (C=O) groups is 1. The molecule has 0 aromatic heterocycles. The Morgan fingerprint density at radius 1 is 1.15 bits per heavy atom. The van der Waals surface area contributed by atoms with Crippen LogP contribution < -0.4 is 11.1 Å². The molecule has 0 heterocycles. The lowest BCUT2D eigenvalue weighted by atomic mass is 9.83. The van der Waals surface area contributed by atoms with Gasteiger partial charge >= 0.3 is 0 Å². The molecule has 0 radical (unpaired) electrons. The van der Waals surface area contributed by atoms with Gasteiger partial charge < -0.3 is 11.1 Å². The minimum Gasteiger partial charge on any atom is -0.399 e. The molecule has 0 spiro atoms. The van der Waals surface area contributed by atoms with Crippen LogP contribution in [0, 0.1) is 0 Å². The molecular weight excluding hydrogens is 272 g/mol. The number of amides is 1. The Kier molecular flexibility index (Phi) is 4.00. The van der Waals surface area contributed by atoms with Gasteiger partial charge in [-0.05, 0) is 49.7 Å². The molecular formula is C16H17ClN2O. The highest BCUT2D eigenvalue weighted by Gasteiger charge is 2.29. The van der Waals surface area contributed by atoms with Crippen molar-refractivity contribution in [3.63, 3.8) is 0 Å². The maximum atomic E-state index is 12.4. The first kappa shape index (κ1) is 14.4. The fourth-order valence-electron chi connectivity index (χ4n) is 1.88. The van der Waals surface area contributed by atoms with E-state index in [0.29, 0.717) is 16.4 Å². The SMILES string of the molecule is CC(C)(C(=O)Nc1cccc(Cl)c1)c1ccc(N)cc1. The van der Waals surface area contributed by atoms with Crippen molar-refractivity contribution in [1.29, 1.82) is 0 Å². The summed E-state index contributed by atoms with van der Waals surface area (Å²) in [4.78, 5) is 12.4. The van der Waals surface area contributed by atoms with Gasteiger partial charge in [-0.3, -0.25) is 4.79 Å². The van der Waals surface area contributed by atoms with Crippen LogP contribution in [0.5, 0.6) is 0 Å². The van der Waals surface area contributed by atoms with Gasteiger partial charge in [-0.25, -0.2) is 0 Å². The largest absolute Gasteiger partial charge is 0.399 e. The number of nitrogen functional groups attached to an aromatic ring is 1. The molecule has 0 unspecified atom stereocenters. The Balaban J connectivity index is 2.21. The quantitative estimate of drug-likeness (QED) is 0.843. The second kappa shape index (κ2) is 5.55. The Morgan fingerprint density at radius 2 is 1.80 bits per heavy atom. The fourth-order valence-corrected chi connectivity index (χ4v) is 2.07. The van der Waals surface area contributed by atoms with Crippen molar-refractivity contribution in [2.24, 2.45) is 0 Å². The molecule has 3 N–H and O–H groups in total. The van der Waals surface area contributed by atoms with Gasteiger partial charge in [-0.1, -0.05) is 29.8 Å². The van der Waals surface area contributed by atoms with E-state index in [4.69, 9.17) is 17.3 Å². The van der Waals surface area contributed by atoms with Crippen LogP contribution in [0.25, 0.3) is 0 Å². The molecule has 104 valence electrons. The molecule has 0 aliphatic rings. The van der Waals surface area contributed by atoms with Crippen molar-refractivity contribution >= 4 is 28.9 Å². The summed E-state index contributed by atoms with van der Waals surface area (Å²) in [5.74, 6) is -0.0930. The highest BCUT2D eigenvalue weighted by molar-refractivity contribution is 6.30. The molecule has 4 heteroatoms. The van der Waals surface area contributed by atoms with E-state index >= 15 is 0 Å². The fraction of sp³-hybridized carbons (Fsp3) is 0.188. The number of hydrogen-bond acceptors (Lipinski definition) is 2. The molecule has 2 aromatic carbocycles. The second-order valence-corrected chi connectivity index (χ2v) is 5.65. The number of halogens is 1. The van der Waals surface area contributed by atoms with Crippen molar-refractivity contribution in [1.82, 2.24) is 0 Å². The summed E-state index contributed by atoms with van der Waals surface area (Å²) < 4.78 is 0. The third-order valence-electron chi connectivity index (χ3n) is 3.28. The van der Waals surface area contributed by atoms with Gasteiger partial charge in [0.2, 0.25) is 5.91 Å². The van der Waals surface area contributed by atoms with E-state index in [0.717, 1.165) is 5.56 Å². The zero-order chi connectivity index (χ0) is 14.8. The van der Waals surface area contributed by atoms with Gasteiger partial charge in [-0.2, -0.15) is 0 Å². The summed E-state index contributed by atoms with van der Waals surface area (Å²) in [5.41, 5.74) is 7.29. The average Bonchev–Trinajstić information content (AvgIpc) is 2.39. The normalized spacial score (nSPS) is 11.2. The van der Waals surface area contributed by atoms with Crippen molar-refractivity contribution < 1.29 is 4.79 Å². The second-order valence-electron chi connectivity index (χ2n) is 5.21. The zero-order valence-corrected chi connectivity index (χ0v) is 12.2. The molecule has 0 atom stereocenters. The topological polar surface area (TPSA) is 55.1 Å². The van der Waals surface area contributed by atoms with Crippen LogP contribution in [0.3, 0.4) is 0 Å². The van der Waals surface area contributed by atoms with E-state index in [9.17, 15) is 4.79 Å². The predicted octanol–water partition coefficient (Wildman–Crippen LogP) is 3.84.